The quantitative estimate of drug-likeness (QED) is 0.390. The zero-order valence-electron chi connectivity index (χ0n) is 11.2. The van der Waals surface area contributed by atoms with E-state index in [1.165, 1.54) is 0 Å². The summed E-state index contributed by atoms with van der Waals surface area (Å²) < 4.78 is 5.77. The number of rotatable bonds is 3. The van der Waals surface area contributed by atoms with Gasteiger partial charge in [-0.2, -0.15) is 0 Å². The van der Waals surface area contributed by atoms with Gasteiger partial charge < -0.3 is 15.7 Å². The van der Waals surface area contributed by atoms with Crippen molar-refractivity contribution < 1.29 is 9.94 Å². The number of nitrogens with zero attached hydrogens (tertiary/aromatic N) is 1. The molecular weight excluding hydrogens is 276 g/mol. The lowest BCUT2D eigenvalue weighted by atomic mass is 10.1. The average Bonchev–Trinajstić information content (AvgIpc) is 2.42. The molecule has 3 N–H and O–H groups in total. The van der Waals surface area contributed by atoms with Crippen molar-refractivity contribution in [2.45, 2.75) is 13.8 Å². The van der Waals surface area contributed by atoms with E-state index in [9.17, 15) is 0 Å². The number of hydrogen-bond donors (Lipinski definition) is 2. The molecule has 0 saturated carbocycles. The van der Waals surface area contributed by atoms with Crippen molar-refractivity contribution in [1.82, 2.24) is 0 Å². The number of benzene rings is 2. The van der Waals surface area contributed by atoms with E-state index in [0.717, 1.165) is 11.1 Å². The standard InChI is InChI=1S/C15H15ClN2O2/c1-9-3-5-13(11(7-9)15(17)18-19)20-14-6-4-10(2)8-12(14)16/h3-8,19H,1-2H3,(H2,17,18). The molecule has 2 aromatic carbocycles. The molecule has 0 aromatic heterocycles. The Balaban J connectivity index is 2.43. The van der Waals surface area contributed by atoms with Crippen molar-refractivity contribution in [3.05, 3.63) is 58.1 Å². The van der Waals surface area contributed by atoms with Crippen molar-refractivity contribution in [1.29, 1.82) is 0 Å². The predicted octanol–water partition coefficient (Wildman–Crippen LogP) is 3.84. The normalized spacial score (nSPS) is 11.4. The summed E-state index contributed by atoms with van der Waals surface area (Å²) in [4.78, 5) is 0. The van der Waals surface area contributed by atoms with Crippen molar-refractivity contribution in [3.63, 3.8) is 0 Å². The molecule has 0 amide bonds. The Morgan fingerprint density at radius 1 is 1.10 bits per heavy atom. The molecule has 5 heteroatoms. The number of halogens is 1. The van der Waals surface area contributed by atoms with Crippen LogP contribution < -0.4 is 10.5 Å². The molecule has 2 rings (SSSR count). The Bertz CT molecular complexity index is 669. The van der Waals surface area contributed by atoms with Crippen LogP contribution in [0.5, 0.6) is 11.5 Å². The van der Waals surface area contributed by atoms with Gasteiger partial charge >= 0.3 is 0 Å². The second-order valence-electron chi connectivity index (χ2n) is 4.52. The van der Waals surface area contributed by atoms with Crippen LogP contribution in [0.2, 0.25) is 5.02 Å². The van der Waals surface area contributed by atoms with E-state index in [-0.39, 0.29) is 5.84 Å². The topological polar surface area (TPSA) is 67.8 Å². The first-order valence-corrected chi connectivity index (χ1v) is 6.41. The fourth-order valence-electron chi connectivity index (χ4n) is 1.79. The largest absolute Gasteiger partial charge is 0.455 e. The van der Waals surface area contributed by atoms with E-state index in [1.807, 2.05) is 32.0 Å². The van der Waals surface area contributed by atoms with Gasteiger partial charge in [0.25, 0.3) is 0 Å². The molecule has 0 saturated heterocycles. The molecule has 0 aliphatic carbocycles. The highest BCUT2D eigenvalue weighted by Gasteiger charge is 2.11. The first kappa shape index (κ1) is 14.2. The van der Waals surface area contributed by atoms with E-state index in [2.05, 4.69) is 5.16 Å². The van der Waals surface area contributed by atoms with E-state index >= 15 is 0 Å². The van der Waals surface area contributed by atoms with Crippen LogP contribution in [0.1, 0.15) is 16.7 Å². The Kier molecular flexibility index (Phi) is 4.15. The molecule has 0 radical (unpaired) electrons. The molecule has 0 spiro atoms. The number of ether oxygens (including phenoxy) is 1. The third kappa shape index (κ3) is 3.03. The lowest BCUT2D eigenvalue weighted by molar-refractivity contribution is 0.318. The highest BCUT2D eigenvalue weighted by atomic mass is 35.5. The lowest BCUT2D eigenvalue weighted by Gasteiger charge is -2.12. The monoisotopic (exact) mass is 290 g/mol. The SMILES string of the molecule is Cc1ccc(Oc2ccc(C)cc2/C(N)=N/O)c(Cl)c1. The van der Waals surface area contributed by atoms with Gasteiger partial charge in [0.15, 0.2) is 5.84 Å². The molecule has 104 valence electrons. The minimum absolute atomic E-state index is 0.00747. The molecule has 0 aliphatic rings. The second-order valence-corrected chi connectivity index (χ2v) is 4.93. The molecule has 0 unspecified atom stereocenters. The lowest BCUT2D eigenvalue weighted by Crippen LogP contribution is -2.14. The summed E-state index contributed by atoms with van der Waals surface area (Å²) in [5, 5.41) is 12.4. The first-order chi connectivity index (χ1) is 9.51. The van der Waals surface area contributed by atoms with Crippen LogP contribution in [0.4, 0.5) is 0 Å². The molecule has 20 heavy (non-hydrogen) atoms. The summed E-state index contributed by atoms with van der Waals surface area (Å²) in [6, 6.07) is 10.9. The van der Waals surface area contributed by atoms with Crippen LogP contribution in [0.25, 0.3) is 0 Å². The van der Waals surface area contributed by atoms with Gasteiger partial charge in [-0.3, -0.25) is 0 Å². The molecule has 0 fully saturated rings. The van der Waals surface area contributed by atoms with Gasteiger partial charge in [-0.05, 0) is 43.7 Å². The van der Waals surface area contributed by atoms with E-state index in [4.69, 9.17) is 27.3 Å². The number of oxime groups is 1. The predicted molar refractivity (Wildman–Crippen MR) is 80.0 cm³/mol. The summed E-state index contributed by atoms with van der Waals surface area (Å²) in [7, 11) is 0. The molecule has 0 aliphatic heterocycles. The van der Waals surface area contributed by atoms with Crippen molar-refractivity contribution >= 4 is 17.4 Å². The number of amidine groups is 1. The van der Waals surface area contributed by atoms with Gasteiger partial charge in [-0.1, -0.05) is 34.5 Å². The first-order valence-electron chi connectivity index (χ1n) is 6.04. The highest BCUT2D eigenvalue weighted by molar-refractivity contribution is 6.32. The summed E-state index contributed by atoms with van der Waals surface area (Å²) >= 11 is 6.14. The minimum Gasteiger partial charge on any atom is -0.455 e. The van der Waals surface area contributed by atoms with Crippen molar-refractivity contribution in [3.8, 4) is 11.5 Å². The van der Waals surface area contributed by atoms with Gasteiger partial charge in [-0.25, -0.2) is 0 Å². The maximum absolute atomic E-state index is 8.84. The van der Waals surface area contributed by atoms with Gasteiger partial charge in [0.05, 0.1) is 10.6 Å². The molecule has 2 aromatic rings. The smallest absolute Gasteiger partial charge is 0.173 e. The van der Waals surface area contributed by atoms with Crippen LogP contribution in [0.3, 0.4) is 0 Å². The van der Waals surface area contributed by atoms with Gasteiger partial charge in [0.1, 0.15) is 11.5 Å². The molecule has 0 bridgehead atoms. The second kappa shape index (κ2) is 5.84. The molecule has 4 nitrogen and oxygen atoms in total. The summed E-state index contributed by atoms with van der Waals surface area (Å²) in [5.41, 5.74) is 8.21. The van der Waals surface area contributed by atoms with Crippen LogP contribution in [-0.2, 0) is 0 Å². The van der Waals surface area contributed by atoms with Crippen LogP contribution >= 0.6 is 11.6 Å². The van der Waals surface area contributed by atoms with Gasteiger partial charge in [0, 0.05) is 0 Å². The van der Waals surface area contributed by atoms with E-state index < -0.39 is 0 Å². The zero-order valence-corrected chi connectivity index (χ0v) is 12.0. The van der Waals surface area contributed by atoms with Gasteiger partial charge in [-0.15, -0.1) is 0 Å². The van der Waals surface area contributed by atoms with Gasteiger partial charge in [0.2, 0.25) is 0 Å². The summed E-state index contributed by atoms with van der Waals surface area (Å²) in [6.45, 7) is 3.86. The fourth-order valence-corrected chi connectivity index (χ4v) is 2.07. The number of aryl methyl sites for hydroxylation is 2. The third-order valence-electron chi connectivity index (χ3n) is 2.83. The zero-order chi connectivity index (χ0) is 14.7. The highest BCUT2D eigenvalue weighted by Crippen LogP contribution is 2.32. The number of nitrogens with two attached hydrogens (primary N) is 1. The summed E-state index contributed by atoms with van der Waals surface area (Å²) in [6.07, 6.45) is 0. The van der Waals surface area contributed by atoms with E-state index in [1.54, 1.807) is 18.2 Å². The average molecular weight is 291 g/mol. The summed E-state index contributed by atoms with van der Waals surface area (Å²) in [5.74, 6) is 0.997. The molecular formula is C15H15ClN2O2. The Morgan fingerprint density at radius 2 is 1.70 bits per heavy atom. The van der Waals surface area contributed by atoms with Crippen molar-refractivity contribution in [2.24, 2.45) is 10.9 Å². The van der Waals surface area contributed by atoms with Crippen LogP contribution in [0, 0.1) is 13.8 Å². The maximum Gasteiger partial charge on any atom is 0.173 e. The fraction of sp³-hybridized carbons (Fsp3) is 0.133. The van der Waals surface area contributed by atoms with Crippen LogP contribution in [0.15, 0.2) is 41.6 Å². The molecule has 0 heterocycles. The van der Waals surface area contributed by atoms with Crippen molar-refractivity contribution in [2.75, 3.05) is 0 Å². The minimum atomic E-state index is -0.00747. The Labute approximate surface area is 122 Å². The third-order valence-corrected chi connectivity index (χ3v) is 3.12. The molecule has 0 atom stereocenters. The Hall–Kier alpha value is -2.20. The maximum atomic E-state index is 8.84. The van der Waals surface area contributed by atoms with E-state index in [0.29, 0.717) is 22.1 Å². The Morgan fingerprint density at radius 3 is 2.30 bits per heavy atom. The van der Waals surface area contributed by atoms with Crippen LogP contribution in [-0.4, -0.2) is 11.0 Å². The number of hydrogen-bond acceptors (Lipinski definition) is 3.